The Morgan fingerprint density at radius 3 is 2.75 bits per heavy atom. The van der Waals surface area contributed by atoms with Crippen LogP contribution in [0.15, 0.2) is 40.9 Å². The molecule has 3 N–H and O–H groups in total. The number of hydrogen-bond acceptors (Lipinski definition) is 3. The SMILES string of the molecule is C[C@@H](CN)NC(=O)COc1ccc2cc(Br)ccc2c1. The Morgan fingerprint density at radius 2 is 2.00 bits per heavy atom. The van der Waals surface area contributed by atoms with Gasteiger partial charge in [-0.25, -0.2) is 0 Å². The van der Waals surface area contributed by atoms with Crippen molar-refractivity contribution in [1.29, 1.82) is 0 Å². The molecular weight excluding hydrogens is 320 g/mol. The Kier molecular flexibility index (Phi) is 4.98. The van der Waals surface area contributed by atoms with Crippen LogP contribution >= 0.6 is 15.9 Å². The number of carbonyl (C=O) groups excluding carboxylic acids is 1. The lowest BCUT2D eigenvalue weighted by atomic mass is 10.1. The van der Waals surface area contributed by atoms with E-state index in [9.17, 15) is 4.79 Å². The Labute approximate surface area is 126 Å². The maximum atomic E-state index is 11.6. The molecule has 0 saturated heterocycles. The van der Waals surface area contributed by atoms with Gasteiger partial charge in [0.2, 0.25) is 0 Å². The van der Waals surface area contributed by atoms with Gasteiger partial charge >= 0.3 is 0 Å². The molecule has 0 saturated carbocycles. The molecule has 0 aliphatic heterocycles. The molecule has 0 spiro atoms. The lowest BCUT2D eigenvalue weighted by molar-refractivity contribution is -0.123. The molecule has 0 bridgehead atoms. The zero-order valence-electron chi connectivity index (χ0n) is 11.2. The van der Waals surface area contributed by atoms with Gasteiger partial charge in [-0.15, -0.1) is 0 Å². The van der Waals surface area contributed by atoms with Crippen LogP contribution < -0.4 is 15.8 Å². The molecule has 0 unspecified atom stereocenters. The van der Waals surface area contributed by atoms with Gasteiger partial charge in [-0.05, 0) is 42.0 Å². The van der Waals surface area contributed by atoms with Crippen LogP contribution in [0.5, 0.6) is 5.75 Å². The first-order valence-electron chi connectivity index (χ1n) is 6.40. The molecule has 2 aromatic carbocycles. The van der Waals surface area contributed by atoms with Crippen molar-refractivity contribution < 1.29 is 9.53 Å². The molecule has 106 valence electrons. The Morgan fingerprint density at radius 1 is 1.30 bits per heavy atom. The average molecular weight is 337 g/mol. The first kappa shape index (κ1) is 14.8. The zero-order chi connectivity index (χ0) is 14.5. The van der Waals surface area contributed by atoms with Gasteiger partial charge in [0.05, 0.1) is 0 Å². The summed E-state index contributed by atoms with van der Waals surface area (Å²) in [6, 6.07) is 11.7. The summed E-state index contributed by atoms with van der Waals surface area (Å²) in [5, 5.41) is 4.94. The van der Waals surface area contributed by atoms with Crippen molar-refractivity contribution in [3.8, 4) is 5.75 Å². The minimum Gasteiger partial charge on any atom is -0.484 e. The molecule has 1 atom stereocenters. The quantitative estimate of drug-likeness (QED) is 0.881. The highest BCUT2D eigenvalue weighted by Crippen LogP contribution is 2.24. The number of hydrogen-bond donors (Lipinski definition) is 2. The van der Waals surface area contributed by atoms with Crippen LogP contribution in [0, 0.1) is 0 Å². The molecule has 0 heterocycles. The van der Waals surface area contributed by atoms with E-state index in [2.05, 4.69) is 21.2 Å². The van der Waals surface area contributed by atoms with Gasteiger partial charge in [-0.3, -0.25) is 4.79 Å². The van der Waals surface area contributed by atoms with Crippen molar-refractivity contribution in [1.82, 2.24) is 5.32 Å². The third-order valence-corrected chi connectivity index (χ3v) is 3.40. The van der Waals surface area contributed by atoms with Crippen molar-refractivity contribution in [2.45, 2.75) is 13.0 Å². The molecule has 0 aliphatic carbocycles. The van der Waals surface area contributed by atoms with Crippen molar-refractivity contribution in [3.05, 3.63) is 40.9 Å². The fraction of sp³-hybridized carbons (Fsp3) is 0.267. The smallest absolute Gasteiger partial charge is 0.258 e. The van der Waals surface area contributed by atoms with Gasteiger partial charge in [0.15, 0.2) is 6.61 Å². The number of nitrogens with two attached hydrogens (primary N) is 1. The minimum absolute atomic E-state index is 0.00756. The highest BCUT2D eigenvalue weighted by atomic mass is 79.9. The Balaban J connectivity index is 2.00. The number of nitrogens with one attached hydrogen (secondary N) is 1. The summed E-state index contributed by atoms with van der Waals surface area (Å²) in [7, 11) is 0. The van der Waals surface area contributed by atoms with E-state index in [0.29, 0.717) is 12.3 Å². The third-order valence-electron chi connectivity index (χ3n) is 2.90. The molecule has 0 aromatic heterocycles. The first-order valence-corrected chi connectivity index (χ1v) is 7.19. The molecule has 0 fully saturated rings. The molecule has 2 aromatic rings. The van der Waals surface area contributed by atoms with E-state index in [0.717, 1.165) is 15.2 Å². The van der Waals surface area contributed by atoms with Crippen LogP contribution in [0.25, 0.3) is 10.8 Å². The molecule has 2 rings (SSSR count). The minimum atomic E-state index is -0.168. The number of carbonyl (C=O) groups is 1. The van der Waals surface area contributed by atoms with E-state index in [1.165, 1.54) is 0 Å². The molecule has 4 nitrogen and oxygen atoms in total. The van der Waals surface area contributed by atoms with E-state index < -0.39 is 0 Å². The summed E-state index contributed by atoms with van der Waals surface area (Å²) in [4.78, 5) is 11.6. The van der Waals surface area contributed by atoms with Gasteiger partial charge in [0, 0.05) is 17.1 Å². The lowest BCUT2D eigenvalue weighted by Crippen LogP contribution is -2.40. The highest BCUT2D eigenvalue weighted by molar-refractivity contribution is 9.10. The summed E-state index contributed by atoms with van der Waals surface area (Å²) < 4.78 is 6.52. The molecule has 1 amide bonds. The van der Waals surface area contributed by atoms with Gasteiger partial charge in [-0.1, -0.05) is 28.1 Å². The second-order valence-corrected chi connectivity index (χ2v) is 5.56. The summed E-state index contributed by atoms with van der Waals surface area (Å²) in [6.07, 6.45) is 0. The van der Waals surface area contributed by atoms with Gasteiger partial charge in [0.25, 0.3) is 5.91 Å². The summed E-state index contributed by atoms with van der Waals surface area (Å²) in [6.45, 7) is 2.26. The van der Waals surface area contributed by atoms with Gasteiger partial charge in [-0.2, -0.15) is 0 Å². The predicted octanol–water partition coefficient (Wildman–Crippen LogP) is 2.44. The molecule has 20 heavy (non-hydrogen) atoms. The molecule has 5 heteroatoms. The Bertz CT molecular complexity index is 616. The van der Waals surface area contributed by atoms with Crippen molar-refractivity contribution in [3.63, 3.8) is 0 Å². The predicted molar refractivity (Wildman–Crippen MR) is 83.8 cm³/mol. The number of ether oxygens (including phenoxy) is 1. The molecule has 0 aliphatic rings. The van der Waals surface area contributed by atoms with Gasteiger partial charge < -0.3 is 15.8 Å². The van der Waals surface area contributed by atoms with Crippen molar-refractivity contribution >= 4 is 32.6 Å². The maximum absolute atomic E-state index is 11.6. The number of benzene rings is 2. The zero-order valence-corrected chi connectivity index (χ0v) is 12.8. The summed E-state index contributed by atoms with van der Waals surface area (Å²) in [5.74, 6) is 0.509. The summed E-state index contributed by atoms with van der Waals surface area (Å²) >= 11 is 3.44. The highest BCUT2D eigenvalue weighted by Gasteiger charge is 2.06. The van der Waals surface area contributed by atoms with Crippen LogP contribution in [0.1, 0.15) is 6.92 Å². The van der Waals surface area contributed by atoms with E-state index in [1.54, 1.807) is 0 Å². The lowest BCUT2D eigenvalue weighted by Gasteiger charge is -2.12. The second-order valence-electron chi connectivity index (χ2n) is 4.65. The fourth-order valence-corrected chi connectivity index (χ4v) is 2.19. The largest absolute Gasteiger partial charge is 0.484 e. The first-order chi connectivity index (χ1) is 9.58. The molecule has 0 radical (unpaired) electrons. The monoisotopic (exact) mass is 336 g/mol. The number of fused-ring (bicyclic) bond motifs is 1. The van der Waals surface area contributed by atoms with Crippen LogP contribution in [0.4, 0.5) is 0 Å². The van der Waals surface area contributed by atoms with Crippen LogP contribution in [-0.4, -0.2) is 25.1 Å². The maximum Gasteiger partial charge on any atom is 0.258 e. The van der Waals surface area contributed by atoms with Crippen molar-refractivity contribution in [2.75, 3.05) is 13.2 Å². The number of halogens is 1. The van der Waals surface area contributed by atoms with Gasteiger partial charge in [0.1, 0.15) is 5.75 Å². The number of rotatable bonds is 5. The van der Waals surface area contributed by atoms with Crippen molar-refractivity contribution in [2.24, 2.45) is 5.73 Å². The van der Waals surface area contributed by atoms with E-state index in [4.69, 9.17) is 10.5 Å². The third kappa shape index (κ3) is 3.95. The van der Waals surface area contributed by atoms with E-state index >= 15 is 0 Å². The molecular formula is C15H17BrN2O2. The fourth-order valence-electron chi connectivity index (χ4n) is 1.81. The van der Waals surface area contributed by atoms with E-state index in [-0.39, 0.29) is 18.6 Å². The van der Waals surface area contributed by atoms with Crippen LogP contribution in [0.3, 0.4) is 0 Å². The Hall–Kier alpha value is -1.59. The topological polar surface area (TPSA) is 64.3 Å². The normalized spacial score (nSPS) is 12.2. The van der Waals surface area contributed by atoms with E-state index in [1.807, 2.05) is 43.3 Å². The standard InChI is InChI=1S/C15H17BrN2O2/c1-10(8-17)18-15(19)9-20-14-5-3-11-6-13(16)4-2-12(11)7-14/h2-7,10H,8-9,17H2,1H3,(H,18,19)/t10-/m0/s1. The average Bonchev–Trinajstić information content (AvgIpc) is 2.44. The second kappa shape index (κ2) is 6.72. The number of amides is 1. The summed E-state index contributed by atoms with van der Waals surface area (Å²) in [5.41, 5.74) is 5.44. The van der Waals surface area contributed by atoms with Crippen LogP contribution in [0.2, 0.25) is 0 Å². The van der Waals surface area contributed by atoms with Crippen LogP contribution in [-0.2, 0) is 4.79 Å².